The molecule has 0 amide bonds. The molecule has 0 saturated carbocycles. The largest absolute Gasteiger partial charge is 0.480 e. The Balaban J connectivity index is 1.65. The summed E-state index contributed by atoms with van der Waals surface area (Å²) in [7, 11) is 0. The first-order valence-corrected chi connectivity index (χ1v) is 10.6. The van der Waals surface area contributed by atoms with Crippen molar-refractivity contribution in [3.05, 3.63) is 111 Å². The number of rotatable bonds is 2. The Morgan fingerprint density at radius 1 is 0.935 bits per heavy atom. The van der Waals surface area contributed by atoms with Crippen molar-refractivity contribution >= 4 is 34.8 Å². The van der Waals surface area contributed by atoms with Crippen molar-refractivity contribution in [2.24, 2.45) is 0 Å². The van der Waals surface area contributed by atoms with Gasteiger partial charge in [0.05, 0.1) is 5.70 Å². The highest BCUT2D eigenvalue weighted by Crippen LogP contribution is 2.51. The first-order chi connectivity index (χ1) is 15.2. The molecule has 4 aromatic rings. The van der Waals surface area contributed by atoms with Gasteiger partial charge in [0.1, 0.15) is 18.1 Å². The van der Waals surface area contributed by atoms with E-state index in [0.29, 0.717) is 16.0 Å². The average Bonchev–Trinajstić information content (AvgIpc) is 3.26. The first-order valence-electron chi connectivity index (χ1n) is 9.87. The van der Waals surface area contributed by atoms with E-state index in [4.69, 9.17) is 27.9 Å². The van der Waals surface area contributed by atoms with Crippen LogP contribution >= 0.6 is 23.2 Å². The van der Waals surface area contributed by atoms with Crippen LogP contribution in [0.4, 0.5) is 5.95 Å². The van der Waals surface area contributed by atoms with Crippen molar-refractivity contribution in [1.82, 2.24) is 14.8 Å². The highest BCUT2D eigenvalue weighted by Gasteiger charge is 2.41. The minimum Gasteiger partial charge on any atom is -0.480 e. The lowest BCUT2D eigenvalue weighted by Gasteiger charge is -2.39. The molecular weight excluding hydrogens is 431 g/mol. The van der Waals surface area contributed by atoms with E-state index in [1.54, 1.807) is 12.4 Å². The molecule has 0 radical (unpaired) electrons. The summed E-state index contributed by atoms with van der Waals surface area (Å²) >= 11 is 12.8. The molecule has 0 aliphatic carbocycles. The number of benzene rings is 3. The van der Waals surface area contributed by atoms with Gasteiger partial charge in [0.2, 0.25) is 5.95 Å². The summed E-state index contributed by atoms with van der Waals surface area (Å²) in [5, 5.41) is 9.15. The molecule has 2 aliphatic rings. The number of halogens is 2. The molecule has 1 aromatic heterocycles. The highest BCUT2D eigenvalue weighted by atomic mass is 35.5. The van der Waals surface area contributed by atoms with Gasteiger partial charge in [-0.2, -0.15) is 10.1 Å². The van der Waals surface area contributed by atoms with Crippen molar-refractivity contribution < 1.29 is 4.74 Å². The third-order valence-corrected chi connectivity index (χ3v) is 6.24. The molecule has 152 valence electrons. The number of nitrogens with zero attached hydrogens (tertiary/aromatic N) is 3. The number of fused-ring (bicyclic) bond motifs is 3. The third-order valence-electron chi connectivity index (χ3n) is 5.68. The standard InChI is InChI=1S/C24H16Cl2N4O/c25-15-10-11-16(18(26)12-15)23-20-21(17-8-4-5-9-19(17)31-23)29-24-27-13-28-30(24)22(20)14-6-2-1-3-7-14/h1-13,22-23H,(H,27,28,29). The van der Waals surface area contributed by atoms with E-state index in [1.165, 1.54) is 0 Å². The van der Waals surface area contributed by atoms with Gasteiger partial charge in [-0.1, -0.05) is 71.7 Å². The van der Waals surface area contributed by atoms with E-state index < -0.39 is 6.10 Å². The maximum Gasteiger partial charge on any atom is 0.226 e. The molecule has 6 rings (SSSR count). The molecule has 0 saturated heterocycles. The Morgan fingerprint density at radius 2 is 1.74 bits per heavy atom. The van der Waals surface area contributed by atoms with Gasteiger partial charge in [0, 0.05) is 26.7 Å². The second-order valence-electron chi connectivity index (χ2n) is 7.46. The van der Waals surface area contributed by atoms with Gasteiger partial charge in [0.25, 0.3) is 0 Å². The summed E-state index contributed by atoms with van der Waals surface area (Å²) in [6.45, 7) is 0. The Hall–Kier alpha value is -3.28. The molecule has 1 N–H and O–H groups in total. The van der Waals surface area contributed by atoms with Crippen molar-refractivity contribution in [1.29, 1.82) is 0 Å². The smallest absolute Gasteiger partial charge is 0.226 e. The average molecular weight is 447 g/mol. The Bertz CT molecular complexity index is 1330. The van der Waals surface area contributed by atoms with Crippen LogP contribution in [0.2, 0.25) is 10.0 Å². The van der Waals surface area contributed by atoms with E-state index in [-0.39, 0.29) is 6.04 Å². The minimum absolute atomic E-state index is 0.208. The number of para-hydroxylation sites is 1. The maximum absolute atomic E-state index is 6.65. The SMILES string of the molecule is Clc1ccc(C2Oc3ccccc3C3=C2C(c2ccccc2)n2ncnc2N3)c(Cl)c1. The summed E-state index contributed by atoms with van der Waals surface area (Å²) in [5.41, 5.74) is 4.90. The number of hydrogen-bond acceptors (Lipinski definition) is 4. The summed E-state index contributed by atoms with van der Waals surface area (Å²) in [4.78, 5) is 4.45. The zero-order valence-electron chi connectivity index (χ0n) is 16.2. The number of nitrogens with one attached hydrogen (secondary N) is 1. The summed E-state index contributed by atoms with van der Waals surface area (Å²) in [6, 6.07) is 23.5. The fourth-order valence-electron chi connectivity index (χ4n) is 4.35. The molecule has 2 aliphatic heterocycles. The van der Waals surface area contributed by atoms with Crippen LogP contribution < -0.4 is 10.1 Å². The minimum atomic E-state index is -0.426. The Morgan fingerprint density at radius 3 is 2.58 bits per heavy atom. The van der Waals surface area contributed by atoms with Crippen LogP contribution in [0.3, 0.4) is 0 Å². The number of anilines is 1. The lowest BCUT2D eigenvalue weighted by molar-refractivity contribution is 0.223. The highest BCUT2D eigenvalue weighted by molar-refractivity contribution is 6.35. The van der Waals surface area contributed by atoms with E-state index in [0.717, 1.165) is 33.7 Å². The zero-order chi connectivity index (χ0) is 20.9. The first kappa shape index (κ1) is 18.5. The second kappa shape index (κ2) is 7.15. The van der Waals surface area contributed by atoms with E-state index in [2.05, 4.69) is 27.5 Å². The Labute approximate surface area is 188 Å². The molecule has 5 nitrogen and oxygen atoms in total. The molecule has 0 fully saturated rings. The van der Waals surface area contributed by atoms with Gasteiger partial charge >= 0.3 is 0 Å². The van der Waals surface area contributed by atoms with E-state index in [1.807, 2.05) is 59.3 Å². The predicted molar refractivity (Wildman–Crippen MR) is 121 cm³/mol. The van der Waals surface area contributed by atoms with Crippen molar-refractivity contribution in [2.45, 2.75) is 12.1 Å². The van der Waals surface area contributed by atoms with Crippen LogP contribution in [0.5, 0.6) is 5.75 Å². The van der Waals surface area contributed by atoms with Gasteiger partial charge in [0.15, 0.2) is 6.10 Å². The Kier molecular flexibility index (Phi) is 4.26. The van der Waals surface area contributed by atoms with Crippen molar-refractivity contribution in [3.8, 4) is 5.75 Å². The molecule has 0 spiro atoms. The lowest BCUT2D eigenvalue weighted by Crippen LogP contribution is -2.32. The topological polar surface area (TPSA) is 52.0 Å². The van der Waals surface area contributed by atoms with Crippen molar-refractivity contribution in [2.75, 3.05) is 5.32 Å². The number of aromatic nitrogens is 3. The third kappa shape index (κ3) is 2.92. The van der Waals surface area contributed by atoms with Crippen LogP contribution in [-0.2, 0) is 0 Å². The molecular formula is C24H16Cl2N4O. The van der Waals surface area contributed by atoms with Gasteiger partial charge in [-0.15, -0.1) is 0 Å². The fraction of sp³-hybridized carbons (Fsp3) is 0.0833. The quantitative estimate of drug-likeness (QED) is 0.401. The molecule has 3 aromatic carbocycles. The normalized spacial score (nSPS) is 19.0. The van der Waals surface area contributed by atoms with Crippen LogP contribution in [0.25, 0.3) is 5.70 Å². The van der Waals surface area contributed by atoms with E-state index in [9.17, 15) is 0 Å². The van der Waals surface area contributed by atoms with Gasteiger partial charge < -0.3 is 10.1 Å². The molecule has 7 heteroatoms. The van der Waals surface area contributed by atoms with Gasteiger partial charge in [-0.3, -0.25) is 0 Å². The summed E-state index contributed by atoms with van der Waals surface area (Å²) in [6.07, 6.45) is 1.14. The van der Waals surface area contributed by atoms with Crippen molar-refractivity contribution in [3.63, 3.8) is 0 Å². The molecule has 2 unspecified atom stereocenters. The monoisotopic (exact) mass is 446 g/mol. The zero-order valence-corrected chi connectivity index (χ0v) is 17.7. The molecule has 0 bridgehead atoms. The number of hydrogen-bond donors (Lipinski definition) is 1. The fourth-order valence-corrected chi connectivity index (χ4v) is 4.85. The van der Waals surface area contributed by atoms with Gasteiger partial charge in [-0.25, -0.2) is 4.68 Å². The molecule has 2 atom stereocenters. The van der Waals surface area contributed by atoms with Crippen LogP contribution in [0, 0.1) is 0 Å². The maximum atomic E-state index is 6.65. The summed E-state index contributed by atoms with van der Waals surface area (Å²) in [5.74, 6) is 1.47. The van der Waals surface area contributed by atoms with Gasteiger partial charge in [-0.05, 0) is 29.8 Å². The van der Waals surface area contributed by atoms with E-state index >= 15 is 0 Å². The molecule has 3 heterocycles. The van der Waals surface area contributed by atoms with Crippen LogP contribution in [0.1, 0.15) is 28.8 Å². The summed E-state index contributed by atoms with van der Waals surface area (Å²) < 4.78 is 8.46. The second-order valence-corrected chi connectivity index (χ2v) is 8.30. The van der Waals surface area contributed by atoms with Crippen LogP contribution in [0.15, 0.2) is 84.7 Å². The van der Waals surface area contributed by atoms with Crippen LogP contribution in [-0.4, -0.2) is 14.8 Å². The molecule has 31 heavy (non-hydrogen) atoms. The lowest BCUT2D eigenvalue weighted by atomic mass is 9.84. The predicted octanol–water partition coefficient (Wildman–Crippen LogP) is 6.14. The number of ether oxygens (including phenoxy) is 1.